The van der Waals surface area contributed by atoms with Crippen LogP contribution in [0.1, 0.15) is 27.2 Å². The van der Waals surface area contributed by atoms with Crippen molar-refractivity contribution in [1.82, 2.24) is 5.16 Å². The van der Waals surface area contributed by atoms with E-state index in [2.05, 4.69) is 22.3 Å². The van der Waals surface area contributed by atoms with Crippen molar-refractivity contribution in [2.24, 2.45) is 0 Å². The second kappa shape index (κ2) is 6.04. The van der Waals surface area contributed by atoms with E-state index >= 15 is 0 Å². The van der Waals surface area contributed by atoms with Gasteiger partial charge in [-0.3, -0.25) is 10.1 Å². The highest BCUT2D eigenvalue weighted by atomic mass is 16.5. The predicted octanol–water partition coefficient (Wildman–Crippen LogP) is 1.89. The van der Waals surface area contributed by atoms with Gasteiger partial charge in [-0.2, -0.15) is 0 Å². The van der Waals surface area contributed by atoms with Gasteiger partial charge in [0.2, 0.25) is 5.88 Å². The molecule has 1 aromatic carbocycles. The summed E-state index contributed by atoms with van der Waals surface area (Å²) in [4.78, 5) is 12.2. The van der Waals surface area contributed by atoms with Gasteiger partial charge in [-0.1, -0.05) is 28.6 Å². The second-order valence-electron chi connectivity index (χ2n) is 4.30. The quantitative estimate of drug-likeness (QED) is 0.817. The lowest BCUT2D eigenvalue weighted by Gasteiger charge is -2.05. The number of anilines is 1. The number of benzene rings is 1. The first-order valence-corrected chi connectivity index (χ1v) is 6.05. The van der Waals surface area contributed by atoms with Crippen LogP contribution in [0.3, 0.4) is 0 Å². The highest BCUT2D eigenvalue weighted by molar-refractivity contribution is 6.05. The standard InChI is InChI=1S/C15H14N2O3/c1-10-5-6-12(4-3-7-18)13(8-10)15(19)16-14-9-11(2)17-20-14/h5-6,8-9,18H,7H2,1-2H3,(H,16,19). The van der Waals surface area contributed by atoms with Crippen molar-refractivity contribution in [3.63, 3.8) is 0 Å². The van der Waals surface area contributed by atoms with Crippen LogP contribution in [0, 0.1) is 25.7 Å². The number of aliphatic hydroxyl groups is 1. The summed E-state index contributed by atoms with van der Waals surface area (Å²) in [5.74, 6) is 5.25. The van der Waals surface area contributed by atoms with E-state index in [9.17, 15) is 4.79 Å². The smallest absolute Gasteiger partial charge is 0.259 e. The molecule has 0 radical (unpaired) electrons. The first-order valence-electron chi connectivity index (χ1n) is 6.05. The summed E-state index contributed by atoms with van der Waals surface area (Å²) in [5.41, 5.74) is 2.61. The molecule has 0 unspecified atom stereocenters. The predicted molar refractivity (Wildman–Crippen MR) is 74.3 cm³/mol. The highest BCUT2D eigenvalue weighted by Gasteiger charge is 2.13. The molecule has 1 heterocycles. The summed E-state index contributed by atoms with van der Waals surface area (Å²) in [6.07, 6.45) is 0. The van der Waals surface area contributed by atoms with Crippen LogP contribution in [0.2, 0.25) is 0 Å². The van der Waals surface area contributed by atoms with E-state index < -0.39 is 0 Å². The van der Waals surface area contributed by atoms with Crippen molar-refractivity contribution in [2.45, 2.75) is 13.8 Å². The number of aromatic nitrogens is 1. The van der Waals surface area contributed by atoms with Crippen LogP contribution >= 0.6 is 0 Å². The molecular weight excluding hydrogens is 256 g/mol. The Morgan fingerprint density at radius 2 is 2.20 bits per heavy atom. The van der Waals surface area contributed by atoms with Crippen LogP contribution < -0.4 is 5.32 Å². The number of rotatable bonds is 2. The number of aliphatic hydroxyl groups excluding tert-OH is 1. The van der Waals surface area contributed by atoms with E-state index in [-0.39, 0.29) is 18.4 Å². The topological polar surface area (TPSA) is 75.4 Å². The lowest BCUT2D eigenvalue weighted by Crippen LogP contribution is -2.13. The zero-order valence-corrected chi connectivity index (χ0v) is 11.2. The largest absolute Gasteiger partial charge is 0.384 e. The van der Waals surface area contributed by atoms with Crippen molar-refractivity contribution < 1.29 is 14.4 Å². The average molecular weight is 270 g/mol. The summed E-state index contributed by atoms with van der Waals surface area (Å²) >= 11 is 0. The number of hydrogen-bond acceptors (Lipinski definition) is 4. The Balaban J connectivity index is 2.30. The molecule has 0 saturated carbocycles. The van der Waals surface area contributed by atoms with Gasteiger partial charge < -0.3 is 9.63 Å². The Morgan fingerprint density at radius 1 is 1.40 bits per heavy atom. The molecule has 0 aliphatic heterocycles. The Kier molecular flexibility index (Phi) is 4.18. The fourth-order valence-electron chi connectivity index (χ4n) is 1.69. The molecule has 1 aromatic heterocycles. The number of amides is 1. The molecule has 2 N–H and O–H groups in total. The number of carbonyl (C=O) groups excluding carboxylic acids is 1. The molecule has 2 rings (SSSR count). The first-order chi connectivity index (χ1) is 9.60. The molecule has 1 amide bonds. The van der Waals surface area contributed by atoms with Gasteiger partial charge in [0.05, 0.1) is 11.3 Å². The molecule has 0 aliphatic rings. The van der Waals surface area contributed by atoms with Crippen LogP contribution in [0.4, 0.5) is 5.88 Å². The molecule has 0 fully saturated rings. The highest BCUT2D eigenvalue weighted by Crippen LogP contribution is 2.15. The molecular formula is C15H14N2O3. The third-order valence-electron chi connectivity index (χ3n) is 2.59. The third kappa shape index (κ3) is 3.25. The third-order valence-corrected chi connectivity index (χ3v) is 2.59. The molecule has 20 heavy (non-hydrogen) atoms. The van der Waals surface area contributed by atoms with Crippen molar-refractivity contribution in [2.75, 3.05) is 11.9 Å². The minimum absolute atomic E-state index is 0.254. The molecule has 2 aromatic rings. The van der Waals surface area contributed by atoms with Crippen molar-refractivity contribution in [3.8, 4) is 11.8 Å². The molecule has 0 spiro atoms. The average Bonchev–Trinajstić information content (AvgIpc) is 2.82. The Hall–Kier alpha value is -2.58. The van der Waals surface area contributed by atoms with Gasteiger partial charge in [0.25, 0.3) is 5.91 Å². The summed E-state index contributed by atoms with van der Waals surface area (Å²) in [7, 11) is 0. The van der Waals surface area contributed by atoms with Gasteiger partial charge in [0.15, 0.2) is 0 Å². The van der Waals surface area contributed by atoms with Gasteiger partial charge in [0.1, 0.15) is 6.61 Å². The molecule has 5 heteroatoms. The zero-order chi connectivity index (χ0) is 14.5. The van der Waals surface area contributed by atoms with Crippen molar-refractivity contribution in [1.29, 1.82) is 0 Å². The van der Waals surface area contributed by atoms with Crippen LogP contribution in [-0.2, 0) is 0 Å². The van der Waals surface area contributed by atoms with Gasteiger partial charge in [-0.25, -0.2) is 0 Å². The van der Waals surface area contributed by atoms with Crippen LogP contribution in [0.15, 0.2) is 28.8 Å². The molecule has 0 atom stereocenters. The number of nitrogens with zero attached hydrogens (tertiary/aromatic N) is 1. The molecule has 0 saturated heterocycles. The van der Waals surface area contributed by atoms with Crippen LogP contribution in [0.5, 0.6) is 0 Å². The summed E-state index contributed by atoms with van der Waals surface area (Å²) < 4.78 is 4.95. The van der Waals surface area contributed by atoms with E-state index in [1.54, 1.807) is 25.1 Å². The van der Waals surface area contributed by atoms with Crippen molar-refractivity contribution >= 4 is 11.8 Å². The van der Waals surface area contributed by atoms with E-state index in [4.69, 9.17) is 9.63 Å². The van der Waals surface area contributed by atoms with E-state index in [0.717, 1.165) is 5.56 Å². The van der Waals surface area contributed by atoms with Crippen LogP contribution in [-0.4, -0.2) is 22.8 Å². The van der Waals surface area contributed by atoms with Crippen LogP contribution in [0.25, 0.3) is 0 Å². The van der Waals surface area contributed by atoms with Gasteiger partial charge in [-0.15, -0.1) is 0 Å². The SMILES string of the molecule is Cc1ccc(C#CCO)c(C(=O)Nc2cc(C)no2)c1. The number of nitrogens with one attached hydrogen (secondary N) is 1. The number of aryl methyl sites for hydroxylation is 2. The monoisotopic (exact) mass is 270 g/mol. The lowest BCUT2D eigenvalue weighted by molar-refractivity contribution is 0.102. The van der Waals surface area contributed by atoms with Gasteiger partial charge in [-0.05, 0) is 26.0 Å². The molecule has 5 nitrogen and oxygen atoms in total. The minimum Gasteiger partial charge on any atom is -0.384 e. The first kappa shape index (κ1) is 13.8. The maximum absolute atomic E-state index is 12.2. The number of hydrogen-bond donors (Lipinski definition) is 2. The minimum atomic E-state index is -0.327. The van der Waals surface area contributed by atoms with E-state index in [1.807, 2.05) is 13.0 Å². The summed E-state index contributed by atoms with van der Waals surface area (Å²) in [6, 6.07) is 6.97. The van der Waals surface area contributed by atoms with E-state index in [0.29, 0.717) is 16.8 Å². The number of carbonyl (C=O) groups is 1. The maximum atomic E-state index is 12.2. The normalized spacial score (nSPS) is 9.75. The molecule has 0 bridgehead atoms. The van der Waals surface area contributed by atoms with Crippen molar-refractivity contribution in [3.05, 3.63) is 46.6 Å². The summed E-state index contributed by atoms with van der Waals surface area (Å²) in [5, 5.41) is 15.1. The molecule has 0 aliphatic carbocycles. The summed E-state index contributed by atoms with van der Waals surface area (Å²) in [6.45, 7) is 3.40. The fourth-order valence-corrected chi connectivity index (χ4v) is 1.69. The second-order valence-corrected chi connectivity index (χ2v) is 4.30. The molecule has 102 valence electrons. The Morgan fingerprint density at radius 3 is 2.85 bits per heavy atom. The van der Waals surface area contributed by atoms with Gasteiger partial charge in [0, 0.05) is 11.6 Å². The maximum Gasteiger partial charge on any atom is 0.259 e. The van der Waals surface area contributed by atoms with E-state index in [1.165, 1.54) is 0 Å². The zero-order valence-electron chi connectivity index (χ0n) is 11.2. The van der Waals surface area contributed by atoms with Gasteiger partial charge >= 0.3 is 0 Å². The lowest BCUT2D eigenvalue weighted by atomic mass is 10.0. The fraction of sp³-hybridized carbons (Fsp3) is 0.200. The Labute approximate surface area is 116 Å². The Bertz CT molecular complexity index is 693.